The lowest BCUT2D eigenvalue weighted by Gasteiger charge is -2.34. The molecule has 2 aliphatic heterocycles. The maximum absolute atomic E-state index is 11.9. The molecule has 0 aliphatic carbocycles. The molecule has 1 saturated heterocycles. The fraction of sp³-hybridized carbons (Fsp3) is 0.733. The number of carbonyl (C=O) groups is 1. The number of piperidine rings is 1. The van der Waals surface area contributed by atoms with Crippen LogP contribution >= 0.6 is 0 Å². The van der Waals surface area contributed by atoms with E-state index < -0.39 is 0 Å². The second kappa shape index (κ2) is 5.67. The number of primary amides is 1. The summed E-state index contributed by atoms with van der Waals surface area (Å²) in [5.74, 6) is 1.29. The molecule has 6 nitrogen and oxygen atoms in total. The van der Waals surface area contributed by atoms with Crippen LogP contribution in [0.4, 0.5) is 5.82 Å². The zero-order valence-corrected chi connectivity index (χ0v) is 12.9. The van der Waals surface area contributed by atoms with Gasteiger partial charge in [-0.1, -0.05) is 13.8 Å². The van der Waals surface area contributed by atoms with Gasteiger partial charge in [0.2, 0.25) is 0 Å². The number of nitrogens with zero attached hydrogens (tertiary/aromatic N) is 2. The molecular weight excluding hydrogens is 266 g/mol. The van der Waals surface area contributed by atoms with E-state index in [1.54, 1.807) is 0 Å². The summed E-state index contributed by atoms with van der Waals surface area (Å²) in [7, 11) is 0. The number of rotatable bonds is 3. The number of carbonyl (C=O) groups excluding carboxylic acids is 1. The topological polar surface area (TPSA) is 85.0 Å². The molecule has 0 saturated carbocycles. The third-order valence-corrected chi connectivity index (χ3v) is 4.71. The Bertz CT molecular complexity index is 530. The van der Waals surface area contributed by atoms with E-state index in [2.05, 4.69) is 29.2 Å². The van der Waals surface area contributed by atoms with E-state index in [9.17, 15) is 4.79 Å². The molecule has 4 N–H and O–H groups in total. The van der Waals surface area contributed by atoms with Crippen molar-refractivity contribution < 1.29 is 4.79 Å². The highest BCUT2D eigenvalue weighted by Gasteiger charge is 2.34. The number of hydrogen-bond acceptors (Lipinski definition) is 4. The van der Waals surface area contributed by atoms with Crippen molar-refractivity contribution in [2.24, 2.45) is 11.7 Å². The van der Waals surface area contributed by atoms with E-state index >= 15 is 0 Å². The largest absolute Gasteiger partial charge is 0.370 e. The Balaban J connectivity index is 2.01. The van der Waals surface area contributed by atoms with Crippen LogP contribution in [0.15, 0.2) is 0 Å². The average Bonchev–Trinajstić information content (AvgIpc) is 2.87. The van der Waals surface area contributed by atoms with Crippen LogP contribution in [0.3, 0.4) is 0 Å². The van der Waals surface area contributed by atoms with Crippen molar-refractivity contribution in [1.29, 1.82) is 0 Å². The summed E-state index contributed by atoms with van der Waals surface area (Å²) in [6.07, 6.45) is 3.41. The molecule has 0 aromatic carbocycles. The van der Waals surface area contributed by atoms with Gasteiger partial charge in [-0.05, 0) is 44.2 Å². The minimum absolute atomic E-state index is 0.195. The molecule has 21 heavy (non-hydrogen) atoms. The van der Waals surface area contributed by atoms with Crippen LogP contribution in [0.5, 0.6) is 0 Å². The Labute approximate surface area is 125 Å². The number of nitrogens with one attached hydrogen (secondary N) is 2. The second-order valence-corrected chi connectivity index (χ2v) is 6.44. The Morgan fingerprint density at radius 1 is 1.29 bits per heavy atom. The summed E-state index contributed by atoms with van der Waals surface area (Å²) in [6, 6.07) is 0.383. The van der Waals surface area contributed by atoms with Gasteiger partial charge in [0.15, 0.2) is 0 Å². The molecule has 3 heterocycles. The maximum Gasteiger partial charge on any atom is 0.254 e. The molecule has 116 valence electrons. The molecule has 1 aromatic heterocycles. The number of anilines is 1. The highest BCUT2D eigenvalue weighted by molar-refractivity contribution is 5.99. The molecule has 3 rings (SSSR count). The van der Waals surface area contributed by atoms with Crippen molar-refractivity contribution >= 4 is 11.7 Å². The highest BCUT2D eigenvalue weighted by atomic mass is 16.1. The molecule has 1 unspecified atom stereocenters. The minimum Gasteiger partial charge on any atom is -0.370 e. The van der Waals surface area contributed by atoms with Crippen molar-refractivity contribution in [2.45, 2.75) is 45.1 Å². The van der Waals surface area contributed by atoms with Crippen LogP contribution in [-0.4, -0.2) is 35.3 Å². The van der Waals surface area contributed by atoms with Gasteiger partial charge in [-0.2, -0.15) is 5.10 Å². The predicted octanol–water partition coefficient (Wildman–Crippen LogP) is 1.46. The van der Waals surface area contributed by atoms with Crippen LogP contribution in [0.2, 0.25) is 0 Å². The third-order valence-electron chi connectivity index (χ3n) is 4.71. The van der Waals surface area contributed by atoms with Gasteiger partial charge in [0.25, 0.3) is 5.91 Å². The minimum atomic E-state index is -0.376. The molecule has 0 bridgehead atoms. The zero-order chi connectivity index (χ0) is 15.0. The summed E-state index contributed by atoms with van der Waals surface area (Å²) >= 11 is 0. The summed E-state index contributed by atoms with van der Waals surface area (Å²) in [4.78, 5) is 11.9. The van der Waals surface area contributed by atoms with Crippen molar-refractivity contribution in [3.8, 4) is 0 Å². The Morgan fingerprint density at radius 3 is 2.62 bits per heavy atom. The fourth-order valence-corrected chi connectivity index (χ4v) is 3.63. The van der Waals surface area contributed by atoms with Gasteiger partial charge in [-0.25, -0.2) is 4.68 Å². The van der Waals surface area contributed by atoms with Gasteiger partial charge in [-0.3, -0.25) is 4.79 Å². The van der Waals surface area contributed by atoms with Crippen LogP contribution in [0.25, 0.3) is 0 Å². The lowest BCUT2D eigenvalue weighted by molar-refractivity contribution is 0.0999. The van der Waals surface area contributed by atoms with Gasteiger partial charge in [0, 0.05) is 6.54 Å². The van der Waals surface area contributed by atoms with Gasteiger partial charge in [0.1, 0.15) is 11.4 Å². The number of hydrogen-bond donors (Lipinski definition) is 3. The summed E-state index contributed by atoms with van der Waals surface area (Å²) in [6.45, 7) is 7.15. The summed E-state index contributed by atoms with van der Waals surface area (Å²) in [5.41, 5.74) is 7.01. The van der Waals surface area contributed by atoms with Gasteiger partial charge >= 0.3 is 0 Å². The van der Waals surface area contributed by atoms with E-state index in [4.69, 9.17) is 10.8 Å². The molecule has 1 amide bonds. The molecule has 2 aliphatic rings. The smallest absolute Gasteiger partial charge is 0.254 e. The monoisotopic (exact) mass is 291 g/mol. The Hall–Kier alpha value is -1.56. The van der Waals surface area contributed by atoms with Crippen molar-refractivity contribution in [2.75, 3.05) is 25.0 Å². The molecule has 1 atom stereocenters. The van der Waals surface area contributed by atoms with E-state index in [0.29, 0.717) is 17.5 Å². The van der Waals surface area contributed by atoms with Crippen molar-refractivity contribution in [3.05, 3.63) is 11.3 Å². The molecule has 1 fully saturated rings. The second-order valence-electron chi connectivity index (χ2n) is 6.44. The fourth-order valence-electron chi connectivity index (χ4n) is 3.63. The number of nitrogens with two attached hydrogens (primary N) is 1. The standard InChI is InChI=1S/C15H25N5O/c1-9(2)13-12(14(16)21)15-18-8-5-11(20(15)19-13)10-3-6-17-7-4-10/h9-11,17-18H,3-8H2,1-2H3,(H2,16,21). The third kappa shape index (κ3) is 2.52. The summed E-state index contributed by atoms with van der Waals surface area (Å²) in [5, 5.41) is 11.5. The molecule has 0 spiro atoms. The van der Waals surface area contributed by atoms with Crippen molar-refractivity contribution in [3.63, 3.8) is 0 Å². The van der Waals surface area contributed by atoms with Crippen LogP contribution in [-0.2, 0) is 0 Å². The lowest BCUT2D eigenvalue weighted by atomic mass is 9.87. The number of aromatic nitrogens is 2. The Kier molecular flexibility index (Phi) is 3.89. The van der Waals surface area contributed by atoms with E-state index in [0.717, 1.165) is 37.6 Å². The van der Waals surface area contributed by atoms with E-state index in [1.165, 1.54) is 12.8 Å². The average molecular weight is 291 g/mol. The van der Waals surface area contributed by atoms with E-state index in [-0.39, 0.29) is 11.8 Å². The molecule has 6 heteroatoms. The molecular formula is C15H25N5O. The summed E-state index contributed by atoms with van der Waals surface area (Å²) < 4.78 is 2.05. The first-order chi connectivity index (χ1) is 10.1. The van der Waals surface area contributed by atoms with Gasteiger partial charge in [-0.15, -0.1) is 0 Å². The van der Waals surface area contributed by atoms with Crippen LogP contribution in [0, 0.1) is 5.92 Å². The molecule has 0 radical (unpaired) electrons. The van der Waals surface area contributed by atoms with Gasteiger partial charge in [0.05, 0.1) is 11.7 Å². The first-order valence-electron chi connectivity index (χ1n) is 7.96. The Morgan fingerprint density at radius 2 is 2.00 bits per heavy atom. The highest BCUT2D eigenvalue weighted by Crippen LogP contribution is 2.37. The van der Waals surface area contributed by atoms with Crippen molar-refractivity contribution in [1.82, 2.24) is 15.1 Å². The SMILES string of the molecule is CC(C)c1nn2c(c1C(N)=O)NCCC2C1CCNCC1. The first-order valence-corrected chi connectivity index (χ1v) is 7.96. The van der Waals surface area contributed by atoms with Crippen LogP contribution in [0.1, 0.15) is 61.1 Å². The van der Waals surface area contributed by atoms with E-state index in [1.807, 2.05) is 0 Å². The maximum atomic E-state index is 11.9. The lowest BCUT2D eigenvalue weighted by Crippen LogP contribution is -2.36. The normalized spacial score (nSPS) is 22.9. The van der Waals surface area contributed by atoms with Crippen LogP contribution < -0.4 is 16.4 Å². The quantitative estimate of drug-likeness (QED) is 0.787. The zero-order valence-electron chi connectivity index (χ0n) is 12.9. The number of fused-ring (bicyclic) bond motifs is 1. The molecule has 1 aromatic rings. The first kappa shape index (κ1) is 14.4. The predicted molar refractivity (Wildman–Crippen MR) is 82.6 cm³/mol. The number of amides is 1. The van der Waals surface area contributed by atoms with Gasteiger partial charge < -0.3 is 16.4 Å².